The molecule has 0 bridgehead atoms. The number of thiazole rings is 1. The highest BCUT2D eigenvalue weighted by molar-refractivity contribution is 7.21. The number of carbonyl (C=O) groups is 1. The molecule has 0 aliphatic carbocycles. The fourth-order valence-corrected chi connectivity index (χ4v) is 3.43. The Kier molecular flexibility index (Phi) is 4.67. The molecular weight excluding hydrogens is 306 g/mol. The lowest BCUT2D eigenvalue weighted by Crippen LogP contribution is -2.12. The third kappa shape index (κ3) is 3.40. The van der Waals surface area contributed by atoms with E-state index in [0.29, 0.717) is 6.42 Å². The van der Waals surface area contributed by atoms with Gasteiger partial charge in [0.1, 0.15) is 15.4 Å². The van der Waals surface area contributed by atoms with Crippen molar-refractivity contribution < 1.29 is 4.79 Å². The minimum absolute atomic E-state index is 0.0677. The highest BCUT2D eigenvalue weighted by atomic mass is 32.1. The first-order valence-corrected chi connectivity index (χ1v) is 8.62. The minimum Gasteiger partial charge on any atom is -0.326 e. The molecule has 0 fully saturated rings. The van der Waals surface area contributed by atoms with Crippen molar-refractivity contribution in [1.29, 1.82) is 0 Å². The van der Waals surface area contributed by atoms with Gasteiger partial charge in [-0.2, -0.15) is 0 Å². The number of carbonyl (C=O) groups excluding carboxylic acids is 1. The van der Waals surface area contributed by atoms with Gasteiger partial charge in [-0.1, -0.05) is 36.8 Å². The summed E-state index contributed by atoms with van der Waals surface area (Å²) >= 11 is 1.57. The van der Waals surface area contributed by atoms with Crippen molar-refractivity contribution in [3.8, 4) is 10.6 Å². The molecule has 0 aliphatic rings. The van der Waals surface area contributed by atoms with E-state index >= 15 is 0 Å². The molecule has 0 atom stereocenters. The van der Waals surface area contributed by atoms with Gasteiger partial charge in [0.2, 0.25) is 5.91 Å². The number of hydrogen-bond donors (Lipinski definition) is 1. The maximum Gasteiger partial charge on any atom is 0.224 e. The highest BCUT2D eigenvalue weighted by Gasteiger charge is 2.12. The van der Waals surface area contributed by atoms with Gasteiger partial charge < -0.3 is 5.32 Å². The Labute approximate surface area is 139 Å². The van der Waals surface area contributed by atoms with Crippen molar-refractivity contribution in [2.45, 2.75) is 33.1 Å². The van der Waals surface area contributed by atoms with Gasteiger partial charge in [-0.15, -0.1) is 0 Å². The van der Waals surface area contributed by atoms with E-state index in [1.54, 1.807) is 17.5 Å². The van der Waals surface area contributed by atoms with Crippen LogP contribution in [-0.2, 0) is 4.79 Å². The molecule has 0 aliphatic heterocycles. The number of hydrogen-bond acceptors (Lipinski definition) is 4. The average molecular weight is 325 g/mol. The van der Waals surface area contributed by atoms with Crippen molar-refractivity contribution in [1.82, 2.24) is 9.97 Å². The summed E-state index contributed by atoms with van der Waals surface area (Å²) < 4.78 is 0. The van der Waals surface area contributed by atoms with Crippen LogP contribution < -0.4 is 5.32 Å². The van der Waals surface area contributed by atoms with Crippen LogP contribution in [0, 0.1) is 6.92 Å². The molecule has 0 unspecified atom stereocenters. The summed E-state index contributed by atoms with van der Waals surface area (Å²) in [7, 11) is 0. The van der Waals surface area contributed by atoms with Crippen LogP contribution in [0.1, 0.15) is 31.7 Å². The summed E-state index contributed by atoms with van der Waals surface area (Å²) in [6, 6.07) is 9.79. The molecule has 0 saturated heterocycles. The van der Waals surface area contributed by atoms with Gasteiger partial charge in [0.05, 0.1) is 0 Å². The Morgan fingerprint density at radius 3 is 2.91 bits per heavy atom. The number of benzene rings is 1. The maximum atomic E-state index is 12.0. The smallest absolute Gasteiger partial charge is 0.224 e. The molecule has 3 rings (SSSR count). The molecule has 0 saturated carbocycles. The van der Waals surface area contributed by atoms with Crippen LogP contribution in [0.25, 0.3) is 20.9 Å². The number of nitrogens with zero attached hydrogens (tertiary/aromatic N) is 2. The molecule has 2 aromatic heterocycles. The number of fused-ring (bicyclic) bond motifs is 1. The first-order valence-electron chi connectivity index (χ1n) is 7.80. The molecule has 4 nitrogen and oxygen atoms in total. The fraction of sp³-hybridized carbons (Fsp3) is 0.278. The lowest BCUT2D eigenvalue weighted by atomic mass is 10.1. The van der Waals surface area contributed by atoms with Crippen molar-refractivity contribution in [2.24, 2.45) is 0 Å². The van der Waals surface area contributed by atoms with E-state index in [2.05, 4.69) is 22.2 Å². The first-order chi connectivity index (χ1) is 11.2. The second kappa shape index (κ2) is 6.87. The number of nitrogens with one attached hydrogen (secondary N) is 1. The number of aromatic nitrogens is 2. The first kappa shape index (κ1) is 15.6. The molecule has 5 heteroatoms. The zero-order valence-corrected chi connectivity index (χ0v) is 14.1. The Hall–Kier alpha value is -2.27. The number of unbranched alkanes of at least 4 members (excludes halogenated alkanes) is 1. The van der Waals surface area contributed by atoms with E-state index in [4.69, 9.17) is 0 Å². The van der Waals surface area contributed by atoms with Crippen molar-refractivity contribution in [3.63, 3.8) is 0 Å². The molecule has 118 valence electrons. The van der Waals surface area contributed by atoms with Crippen LogP contribution in [0.2, 0.25) is 0 Å². The predicted molar refractivity (Wildman–Crippen MR) is 95.7 cm³/mol. The van der Waals surface area contributed by atoms with E-state index in [1.165, 1.54) is 0 Å². The number of amides is 1. The van der Waals surface area contributed by atoms with E-state index in [0.717, 1.165) is 45.0 Å². The Morgan fingerprint density at radius 1 is 1.26 bits per heavy atom. The topological polar surface area (TPSA) is 54.9 Å². The number of rotatable bonds is 5. The number of anilines is 1. The molecule has 1 N–H and O–H groups in total. The average Bonchev–Trinajstić information content (AvgIpc) is 2.98. The second-order valence-electron chi connectivity index (χ2n) is 5.48. The molecule has 23 heavy (non-hydrogen) atoms. The van der Waals surface area contributed by atoms with Crippen LogP contribution in [0.3, 0.4) is 0 Å². The normalized spacial score (nSPS) is 10.9. The maximum absolute atomic E-state index is 12.0. The summed E-state index contributed by atoms with van der Waals surface area (Å²) in [5.41, 5.74) is 3.85. The molecule has 0 radical (unpaired) electrons. The molecule has 1 amide bonds. The van der Waals surface area contributed by atoms with E-state index in [-0.39, 0.29) is 5.91 Å². The van der Waals surface area contributed by atoms with E-state index in [1.807, 2.05) is 37.3 Å². The van der Waals surface area contributed by atoms with Crippen molar-refractivity contribution >= 4 is 33.3 Å². The lowest BCUT2D eigenvalue weighted by Gasteiger charge is -2.11. The minimum atomic E-state index is 0.0677. The highest BCUT2D eigenvalue weighted by Crippen LogP contribution is 2.33. The zero-order chi connectivity index (χ0) is 16.2. The van der Waals surface area contributed by atoms with Crippen LogP contribution >= 0.6 is 11.3 Å². The van der Waals surface area contributed by atoms with Gasteiger partial charge in [-0.25, -0.2) is 9.97 Å². The van der Waals surface area contributed by atoms with Crippen molar-refractivity contribution in [3.05, 3.63) is 42.1 Å². The monoisotopic (exact) mass is 325 g/mol. The number of pyridine rings is 1. The Morgan fingerprint density at radius 2 is 2.13 bits per heavy atom. The molecule has 2 heterocycles. The van der Waals surface area contributed by atoms with Crippen LogP contribution in [0.5, 0.6) is 0 Å². The van der Waals surface area contributed by atoms with Crippen molar-refractivity contribution in [2.75, 3.05) is 5.32 Å². The third-order valence-electron chi connectivity index (χ3n) is 3.76. The van der Waals surface area contributed by atoms with Gasteiger partial charge in [0, 0.05) is 23.9 Å². The second-order valence-corrected chi connectivity index (χ2v) is 6.45. The third-order valence-corrected chi connectivity index (χ3v) is 4.77. The summed E-state index contributed by atoms with van der Waals surface area (Å²) in [4.78, 5) is 21.9. The van der Waals surface area contributed by atoms with E-state index < -0.39 is 0 Å². The lowest BCUT2D eigenvalue weighted by molar-refractivity contribution is -0.116. The molecular formula is C18H19N3OS. The summed E-state index contributed by atoms with van der Waals surface area (Å²) in [6.07, 6.45) is 4.27. The van der Waals surface area contributed by atoms with Gasteiger partial charge in [-0.05, 0) is 37.1 Å². The van der Waals surface area contributed by atoms with Gasteiger partial charge >= 0.3 is 0 Å². The predicted octanol–water partition coefficient (Wildman–Crippen LogP) is 4.80. The van der Waals surface area contributed by atoms with Gasteiger partial charge in [0.25, 0.3) is 0 Å². The van der Waals surface area contributed by atoms with Crippen LogP contribution in [0.4, 0.5) is 5.69 Å². The molecule has 3 aromatic rings. The Bertz CT molecular complexity index is 808. The SMILES string of the molecule is CCCCC(=O)Nc1cccc(-c2nc3cccnc3s2)c1C. The molecule has 1 aromatic carbocycles. The van der Waals surface area contributed by atoms with Gasteiger partial charge in [0.15, 0.2) is 0 Å². The quantitative estimate of drug-likeness (QED) is 0.733. The summed E-state index contributed by atoms with van der Waals surface area (Å²) in [6.45, 7) is 4.10. The fourth-order valence-electron chi connectivity index (χ4n) is 2.44. The van der Waals surface area contributed by atoms with Crippen LogP contribution in [0.15, 0.2) is 36.5 Å². The Balaban J connectivity index is 1.91. The standard InChI is InChI=1S/C18H19N3OS/c1-3-4-10-16(22)20-14-8-5-7-13(12(14)2)17-21-15-9-6-11-19-18(15)23-17/h5-9,11H,3-4,10H2,1-2H3,(H,20,22). The summed E-state index contributed by atoms with van der Waals surface area (Å²) in [5.74, 6) is 0.0677. The molecule has 0 spiro atoms. The van der Waals surface area contributed by atoms with Gasteiger partial charge in [-0.3, -0.25) is 4.79 Å². The van der Waals surface area contributed by atoms with Crippen LogP contribution in [-0.4, -0.2) is 15.9 Å². The summed E-state index contributed by atoms with van der Waals surface area (Å²) in [5, 5.41) is 3.94. The van der Waals surface area contributed by atoms with E-state index in [9.17, 15) is 4.79 Å². The zero-order valence-electron chi connectivity index (χ0n) is 13.3. The largest absolute Gasteiger partial charge is 0.326 e.